The van der Waals surface area contributed by atoms with Crippen molar-refractivity contribution in [3.05, 3.63) is 69.0 Å². The second-order valence-corrected chi connectivity index (χ2v) is 5.14. The van der Waals surface area contributed by atoms with Gasteiger partial charge in [-0.3, -0.25) is 4.79 Å². The van der Waals surface area contributed by atoms with Crippen molar-refractivity contribution in [2.75, 3.05) is 0 Å². The molecule has 19 heavy (non-hydrogen) atoms. The topological polar surface area (TPSA) is 17.1 Å². The van der Waals surface area contributed by atoms with Gasteiger partial charge < -0.3 is 0 Å². The van der Waals surface area contributed by atoms with Crippen LogP contribution in [-0.4, -0.2) is 5.78 Å². The summed E-state index contributed by atoms with van der Waals surface area (Å²) in [7, 11) is 0. The highest BCUT2D eigenvalue weighted by Gasteiger charge is 2.11. The van der Waals surface area contributed by atoms with E-state index in [4.69, 9.17) is 23.2 Å². The molecule has 0 fully saturated rings. The van der Waals surface area contributed by atoms with Crippen LogP contribution in [0.5, 0.6) is 0 Å². The molecule has 0 atom stereocenters. The summed E-state index contributed by atoms with van der Waals surface area (Å²) in [6.07, 6.45) is 0.168. The molecule has 0 bridgehead atoms. The third-order valence-electron chi connectivity index (χ3n) is 2.85. The molecule has 0 aliphatic carbocycles. The number of ketones is 1. The largest absolute Gasteiger partial charge is 0.294 e. The average molecular weight is 297 g/mol. The van der Waals surface area contributed by atoms with Crippen molar-refractivity contribution in [2.24, 2.45) is 0 Å². The standard InChI is InChI=1S/C15H11Cl2FO/c1-9-6-11(3-5-14(9)18)15(19)7-10-2-4-12(16)8-13(10)17/h2-6,8H,7H2,1H3. The molecule has 2 rings (SSSR count). The fraction of sp³-hybridized carbons (Fsp3) is 0.133. The van der Waals surface area contributed by atoms with E-state index < -0.39 is 0 Å². The molecule has 0 saturated carbocycles. The van der Waals surface area contributed by atoms with Crippen LogP contribution in [0, 0.1) is 12.7 Å². The lowest BCUT2D eigenvalue weighted by Gasteiger charge is -2.05. The van der Waals surface area contributed by atoms with Crippen molar-refractivity contribution >= 4 is 29.0 Å². The highest BCUT2D eigenvalue weighted by Crippen LogP contribution is 2.22. The number of aryl methyl sites for hydroxylation is 1. The second-order valence-electron chi connectivity index (χ2n) is 4.30. The molecule has 0 N–H and O–H groups in total. The Kier molecular flexibility index (Phi) is 4.23. The predicted octanol–water partition coefficient (Wildman–Crippen LogP) is 4.87. The molecule has 0 heterocycles. The number of carbonyl (C=O) groups is 1. The van der Waals surface area contributed by atoms with Crippen molar-refractivity contribution in [1.82, 2.24) is 0 Å². The lowest BCUT2D eigenvalue weighted by Crippen LogP contribution is -2.04. The number of benzene rings is 2. The van der Waals surface area contributed by atoms with E-state index in [-0.39, 0.29) is 18.0 Å². The van der Waals surface area contributed by atoms with Crippen molar-refractivity contribution in [2.45, 2.75) is 13.3 Å². The maximum absolute atomic E-state index is 13.2. The van der Waals surface area contributed by atoms with Crippen LogP contribution in [0.25, 0.3) is 0 Å². The van der Waals surface area contributed by atoms with Crippen LogP contribution in [0.2, 0.25) is 10.0 Å². The van der Waals surface area contributed by atoms with E-state index in [0.29, 0.717) is 26.7 Å². The van der Waals surface area contributed by atoms with Crippen molar-refractivity contribution in [3.8, 4) is 0 Å². The van der Waals surface area contributed by atoms with Gasteiger partial charge >= 0.3 is 0 Å². The fourth-order valence-electron chi connectivity index (χ4n) is 1.76. The second kappa shape index (κ2) is 5.72. The smallest absolute Gasteiger partial charge is 0.167 e. The Morgan fingerprint density at radius 3 is 2.53 bits per heavy atom. The SMILES string of the molecule is Cc1cc(C(=O)Cc2ccc(Cl)cc2Cl)ccc1F. The molecule has 0 aromatic heterocycles. The zero-order valence-corrected chi connectivity index (χ0v) is 11.7. The van der Waals surface area contributed by atoms with Gasteiger partial charge in [0.05, 0.1) is 0 Å². The molecule has 0 saturated heterocycles. The molecule has 98 valence electrons. The first-order valence-electron chi connectivity index (χ1n) is 5.70. The molecule has 0 spiro atoms. The summed E-state index contributed by atoms with van der Waals surface area (Å²) in [4.78, 5) is 12.1. The summed E-state index contributed by atoms with van der Waals surface area (Å²) >= 11 is 11.8. The van der Waals surface area contributed by atoms with Gasteiger partial charge in [0.25, 0.3) is 0 Å². The molecule has 4 heteroatoms. The Morgan fingerprint density at radius 2 is 1.89 bits per heavy atom. The fourth-order valence-corrected chi connectivity index (χ4v) is 2.23. The van der Waals surface area contributed by atoms with Gasteiger partial charge in [0.1, 0.15) is 5.82 Å². The number of hydrogen-bond donors (Lipinski definition) is 0. The van der Waals surface area contributed by atoms with Gasteiger partial charge in [-0.15, -0.1) is 0 Å². The lowest BCUT2D eigenvalue weighted by molar-refractivity contribution is 0.0993. The molecule has 0 radical (unpaired) electrons. The molecule has 0 aliphatic rings. The summed E-state index contributed by atoms with van der Waals surface area (Å²) in [5, 5.41) is 0.985. The summed E-state index contributed by atoms with van der Waals surface area (Å²) in [5.41, 5.74) is 1.64. The molecular weight excluding hydrogens is 286 g/mol. The molecule has 0 amide bonds. The van der Waals surface area contributed by atoms with Crippen molar-refractivity contribution in [1.29, 1.82) is 0 Å². The summed E-state index contributed by atoms with van der Waals surface area (Å²) in [6, 6.07) is 9.33. The van der Waals surface area contributed by atoms with E-state index in [1.54, 1.807) is 31.2 Å². The Labute approximate surface area is 121 Å². The van der Waals surface area contributed by atoms with Crippen molar-refractivity contribution < 1.29 is 9.18 Å². The van der Waals surface area contributed by atoms with Gasteiger partial charge in [0.15, 0.2) is 5.78 Å². The zero-order valence-electron chi connectivity index (χ0n) is 10.2. The highest BCUT2D eigenvalue weighted by molar-refractivity contribution is 6.35. The minimum absolute atomic E-state index is 0.104. The molecule has 0 aliphatic heterocycles. The Bertz CT molecular complexity index is 638. The predicted molar refractivity (Wildman–Crippen MR) is 75.6 cm³/mol. The number of Topliss-reactive ketones (excluding diaryl/α,β-unsaturated/α-hetero) is 1. The molecule has 0 unspecified atom stereocenters. The van der Waals surface area contributed by atoms with Gasteiger partial charge in [0, 0.05) is 22.0 Å². The number of rotatable bonds is 3. The first-order valence-corrected chi connectivity index (χ1v) is 6.46. The van der Waals surface area contributed by atoms with Crippen LogP contribution in [-0.2, 0) is 6.42 Å². The van der Waals surface area contributed by atoms with Crippen LogP contribution in [0.1, 0.15) is 21.5 Å². The molecule has 1 nitrogen and oxygen atoms in total. The Balaban J connectivity index is 2.23. The van der Waals surface area contributed by atoms with Crippen LogP contribution < -0.4 is 0 Å². The summed E-state index contributed by atoms with van der Waals surface area (Å²) < 4.78 is 13.2. The number of halogens is 3. The lowest BCUT2D eigenvalue weighted by atomic mass is 10.0. The Morgan fingerprint density at radius 1 is 1.16 bits per heavy atom. The zero-order chi connectivity index (χ0) is 14.0. The van der Waals surface area contributed by atoms with Crippen LogP contribution >= 0.6 is 23.2 Å². The van der Waals surface area contributed by atoms with E-state index in [1.165, 1.54) is 12.1 Å². The van der Waals surface area contributed by atoms with Crippen LogP contribution in [0.15, 0.2) is 36.4 Å². The quantitative estimate of drug-likeness (QED) is 0.739. The number of carbonyl (C=O) groups excluding carboxylic acids is 1. The minimum atomic E-state index is -0.318. The first-order chi connectivity index (χ1) is 8.97. The normalized spacial score (nSPS) is 10.5. The van der Waals surface area contributed by atoms with Gasteiger partial charge in [0.2, 0.25) is 0 Å². The highest BCUT2D eigenvalue weighted by atomic mass is 35.5. The van der Waals surface area contributed by atoms with E-state index >= 15 is 0 Å². The van der Waals surface area contributed by atoms with Gasteiger partial charge in [-0.25, -0.2) is 4.39 Å². The minimum Gasteiger partial charge on any atom is -0.294 e. The van der Waals surface area contributed by atoms with Gasteiger partial charge in [-0.05, 0) is 48.4 Å². The van der Waals surface area contributed by atoms with Crippen LogP contribution in [0.3, 0.4) is 0 Å². The van der Waals surface area contributed by atoms with E-state index in [2.05, 4.69) is 0 Å². The third kappa shape index (κ3) is 3.34. The van der Waals surface area contributed by atoms with Gasteiger partial charge in [-0.2, -0.15) is 0 Å². The van der Waals surface area contributed by atoms with Gasteiger partial charge in [-0.1, -0.05) is 29.3 Å². The third-order valence-corrected chi connectivity index (χ3v) is 3.43. The molecule has 2 aromatic carbocycles. The van der Waals surface area contributed by atoms with E-state index in [1.807, 2.05) is 0 Å². The van der Waals surface area contributed by atoms with Crippen molar-refractivity contribution in [3.63, 3.8) is 0 Å². The van der Waals surface area contributed by atoms with E-state index in [0.717, 1.165) is 0 Å². The number of hydrogen-bond acceptors (Lipinski definition) is 1. The maximum Gasteiger partial charge on any atom is 0.167 e. The molecule has 2 aromatic rings. The Hall–Kier alpha value is -1.38. The monoisotopic (exact) mass is 296 g/mol. The molecular formula is C15H11Cl2FO. The first kappa shape index (κ1) is 14.0. The summed E-state index contributed by atoms with van der Waals surface area (Å²) in [5.74, 6) is -0.423. The summed E-state index contributed by atoms with van der Waals surface area (Å²) in [6.45, 7) is 1.63. The maximum atomic E-state index is 13.2. The van der Waals surface area contributed by atoms with Crippen LogP contribution in [0.4, 0.5) is 4.39 Å². The van der Waals surface area contributed by atoms with E-state index in [9.17, 15) is 9.18 Å². The average Bonchev–Trinajstić information content (AvgIpc) is 2.36.